The molecule has 12 heteroatoms. The van der Waals surface area contributed by atoms with E-state index in [0.29, 0.717) is 0 Å². The normalized spacial score (nSPS) is 15.5. The Balaban J connectivity index is 1.50. The second kappa shape index (κ2) is 8.34. The van der Waals surface area contributed by atoms with Gasteiger partial charge in [-0.25, -0.2) is 31.7 Å². The summed E-state index contributed by atoms with van der Waals surface area (Å²) in [7, 11) is 0. The van der Waals surface area contributed by atoms with Crippen LogP contribution in [0.1, 0.15) is 24.6 Å². The molecule has 3 aromatic rings. The highest BCUT2D eigenvalue weighted by molar-refractivity contribution is 6.08. The summed E-state index contributed by atoms with van der Waals surface area (Å²) in [6, 6.07) is 1.82. The van der Waals surface area contributed by atoms with Gasteiger partial charge >= 0.3 is 6.03 Å². The number of benzene rings is 1. The zero-order valence-corrected chi connectivity index (χ0v) is 17.3. The third-order valence-corrected chi connectivity index (χ3v) is 5.31. The first-order valence-corrected chi connectivity index (χ1v) is 9.91. The lowest BCUT2D eigenvalue weighted by molar-refractivity contribution is -0.0222. The predicted molar refractivity (Wildman–Crippen MR) is 111 cm³/mol. The number of fused-ring (bicyclic) bond motifs is 1. The number of carbonyl (C=O) groups is 2. The number of pyridine rings is 1. The molecular formula is C21H18F5N5O2. The van der Waals surface area contributed by atoms with Gasteiger partial charge in [0, 0.05) is 56.6 Å². The van der Waals surface area contributed by atoms with Crippen LogP contribution in [-0.4, -0.2) is 40.5 Å². The lowest BCUT2D eigenvalue weighted by Crippen LogP contribution is -2.40. The van der Waals surface area contributed by atoms with Crippen molar-refractivity contribution < 1.29 is 31.5 Å². The summed E-state index contributed by atoms with van der Waals surface area (Å²) in [5.74, 6) is -6.49. The molecule has 3 heterocycles. The minimum atomic E-state index is -2.78. The van der Waals surface area contributed by atoms with Crippen LogP contribution in [0.2, 0.25) is 0 Å². The molecule has 1 saturated heterocycles. The van der Waals surface area contributed by atoms with E-state index in [9.17, 15) is 31.5 Å². The lowest BCUT2D eigenvalue weighted by Gasteiger charge is -2.32. The SMILES string of the molecule is CC(=O)n1cc(NC(=O)Nc2cnc(N3CCC(F)(F)CC3)c(F)c2)c2cc(F)c(F)cc21. The number of piperidine rings is 1. The van der Waals surface area contributed by atoms with Crippen molar-refractivity contribution in [2.24, 2.45) is 0 Å². The number of urea groups is 1. The second-order valence-electron chi connectivity index (χ2n) is 7.67. The van der Waals surface area contributed by atoms with Crippen molar-refractivity contribution in [3.05, 3.63) is 48.0 Å². The van der Waals surface area contributed by atoms with Crippen molar-refractivity contribution in [2.45, 2.75) is 25.7 Å². The molecule has 1 aromatic carbocycles. The summed E-state index contributed by atoms with van der Waals surface area (Å²) in [6.45, 7) is 1.10. The molecule has 1 fully saturated rings. The van der Waals surface area contributed by atoms with Crippen LogP contribution in [0, 0.1) is 17.5 Å². The fourth-order valence-corrected chi connectivity index (χ4v) is 3.64. The van der Waals surface area contributed by atoms with Gasteiger partial charge in [-0.05, 0) is 6.07 Å². The van der Waals surface area contributed by atoms with Gasteiger partial charge in [-0.3, -0.25) is 9.36 Å². The summed E-state index contributed by atoms with van der Waals surface area (Å²) in [5.41, 5.74) is 0.0559. The van der Waals surface area contributed by atoms with Crippen LogP contribution in [0.15, 0.2) is 30.6 Å². The first-order valence-electron chi connectivity index (χ1n) is 9.91. The molecule has 0 spiro atoms. The number of alkyl halides is 2. The molecule has 1 aliphatic rings. The molecule has 4 rings (SSSR count). The highest BCUT2D eigenvalue weighted by atomic mass is 19.3. The van der Waals surface area contributed by atoms with Gasteiger partial charge < -0.3 is 15.5 Å². The van der Waals surface area contributed by atoms with E-state index in [0.717, 1.165) is 22.8 Å². The molecule has 0 aliphatic carbocycles. The van der Waals surface area contributed by atoms with Gasteiger partial charge in [0.2, 0.25) is 5.91 Å². The van der Waals surface area contributed by atoms with E-state index in [4.69, 9.17) is 0 Å². The van der Waals surface area contributed by atoms with Crippen LogP contribution < -0.4 is 15.5 Å². The van der Waals surface area contributed by atoms with E-state index in [2.05, 4.69) is 15.6 Å². The van der Waals surface area contributed by atoms with Gasteiger partial charge in [0.15, 0.2) is 23.3 Å². The third kappa shape index (κ3) is 4.59. The van der Waals surface area contributed by atoms with Crippen molar-refractivity contribution in [2.75, 3.05) is 28.6 Å². The van der Waals surface area contributed by atoms with Gasteiger partial charge in [0.1, 0.15) is 0 Å². The number of hydrogen-bond acceptors (Lipinski definition) is 4. The Labute approximate surface area is 184 Å². The number of anilines is 3. The number of nitrogens with zero attached hydrogens (tertiary/aromatic N) is 3. The maximum atomic E-state index is 14.5. The molecule has 33 heavy (non-hydrogen) atoms. The molecule has 174 valence electrons. The number of carbonyl (C=O) groups excluding carboxylic acids is 2. The Kier molecular flexibility index (Phi) is 5.68. The molecule has 1 aliphatic heterocycles. The minimum Gasteiger partial charge on any atom is -0.354 e. The average molecular weight is 467 g/mol. The zero-order valence-electron chi connectivity index (χ0n) is 17.3. The van der Waals surface area contributed by atoms with Crippen LogP contribution in [0.25, 0.3) is 10.9 Å². The molecule has 0 bridgehead atoms. The third-order valence-electron chi connectivity index (χ3n) is 5.31. The van der Waals surface area contributed by atoms with Crippen LogP contribution >= 0.6 is 0 Å². The number of hydrogen-bond donors (Lipinski definition) is 2. The lowest BCUT2D eigenvalue weighted by atomic mass is 10.1. The Morgan fingerprint density at radius 1 is 1.00 bits per heavy atom. The van der Waals surface area contributed by atoms with Crippen molar-refractivity contribution in [1.82, 2.24) is 9.55 Å². The molecule has 2 amide bonds. The van der Waals surface area contributed by atoms with E-state index in [1.807, 2.05) is 0 Å². The number of aromatic nitrogens is 2. The van der Waals surface area contributed by atoms with Gasteiger partial charge in [0.25, 0.3) is 5.92 Å². The van der Waals surface area contributed by atoms with Gasteiger partial charge in [-0.1, -0.05) is 0 Å². The maximum Gasteiger partial charge on any atom is 0.323 e. The Morgan fingerprint density at radius 3 is 2.30 bits per heavy atom. The van der Waals surface area contributed by atoms with Gasteiger partial charge in [-0.15, -0.1) is 0 Å². The first-order chi connectivity index (χ1) is 15.5. The van der Waals surface area contributed by atoms with Crippen molar-refractivity contribution in [1.29, 1.82) is 0 Å². The summed E-state index contributed by atoms with van der Waals surface area (Å²) >= 11 is 0. The minimum absolute atomic E-state index is 0.0240. The van der Waals surface area contributed by atoms with Crippen LogP contribution in [0.4, 0.5) is 43.9 Å². The monoisotopic (exact) mass is 467 g/mol. The quantitative estimate of drug-likeness (QED) is 0.532. The van der Waals surface area contributed by atoms with Crippen LogP contribution in [-0.2, 0) is 0 Å². The molecule has 7 nitrogen and oxygen atoms in total. The average Bonchev–Trinajstić information content (AvgIpc) is 3.06. The Bertz CT molecular complexity index is 1250. The van der Waals surface area contributed by atoms with E-state index >= 15 is 0 Å². The Hall–Kier alpha value is -3.70. The topological polar surface area (TPSA) is 79.3 Å². The molecule has 0 unspecified atom stereocenters. The maximum absolute atomic E-state index is 14.5. The molecule has 2 aromatic heterocycles. The fraction of sp³-hybridized carbons (Fsp3) is 0.286. The van der Waals surface area contributed by atoms with Gasteiger partial charge in [-0.2, -0.15) is 0 Å². The van der Waals surface area contributed by atoms with Crippen molar-refractivity contribution in [3.63, 3.8) is 0 Å². The van der Waals surface area contributed by atoms with Crippen LogP contribution in [0.5, 0.6) is 0 Å². The number of halogens is 5. The smallest absolute Gasteiger partial charge is 0.323 e. The standard InChI is InChI=1S/C21H18F5N5O2/c1-11(32)31-10-17(13-7-14(22)15(23)8-18(13)31)29-20(33)28-12-6-16(24)19(27-9-12)30-4-2-21(25,26)3-5-30/h6-10H,2-5H2,1H3,(H2,28,29,33). The number of nitrogens with one attached hydrogen (secondary N) is 2. The highest BCUT2D eigenvalue weighted by Crippen LogP contribution is 2.31. The van der Waals surface area contributed by atoms with E-state index < -0.39 is 48.2 Å². The zero-order chi connectivity index (χ0) is 23.9. The summed E-state index contributed by atoms with van der Waals surface area (Å²) in [4.78, 5) is 29.5. The van der Waals surface area contributed by atoms with Crippen molar-refractivity contribution in [3.8, 4) is 0 Å². The van der Waals surface area contributed by atoms with E-state index in [1.54, 1.807) is 0 Å². The Morgan fingerprint density at radius 2 is 1.67 bits per heavy atom. The summed E-state index contributed by atoms with van der Waals surface area (Å²) in [5, 5.41) is 4.84. The number of rotatable bonds is 3. The molecule has 0 radical (unpaired) electrons. The van der Waals surface area contributed by atoms with Crippen LogP contribution in [0.3, 0.4) is 0 Å². The molecule has 0 saturated carbocycles. The molecule has 0 atom stereocenters. The summed E-state index contributed by atoms with van der Waals surface area (Å²) < 4.78 is 69.5. The van der Waals surface area contributed by atoms with E-state index in [-0.39, 0.29) is 41.2 Å². The van der Waals surface area contributed by atoms with E-state index in [1.165, 1.54) is 24.2 Å². The first kappa shape index (κ1) is 22.5. The van der Waals surface area contributed by atoms with Crippen molar-refractivity contribution >= 4 is 40.0 Å². The predicted octanol–water partition coefficient (Wildman–Crippen LogP) is 4.99. The second-order valence-corrected chi connectivity index (χ2v) is 7.67. The summed E-state index contributed by atoms with van der Waals surface area (Å²) in [6.07, 6.45) is 1.56. The fourth-order valence-electron chi connectivity index (χ4n) is 3.64. The molecular weight excluding hydrogens is 449 g/mol. The molecule has 2 N–H and O–H groups in total. The van der Waals surface area contributed by atoms with Gasteiger partial charge in [0.05, 0.1) is 23.1 Å². The number of amides is 2. The largest absolute Gasteiger partial charge is 0.354 e. The highest BCUT2D eigenvalue weighted by Gasteiger charge is 2.35.